The van der Waals surface area contributed by atoms with Crippen LogP contribution in [0.15, 0.2) is 53.4 Å². The van der Waals surface area contributed by atoms with Gasteiger partial charge < -0.3 is 4.74 Å². The molecule has 0 aliphatic rings. The summed E-state index contributed by atoms with van der Waals surface area (Å²) in [5.74, 6) is -1.86. The first-order valence-corrected chi connectivity index (χ1v) is 8.06. The Balaban J connectivity index is 2.42. The normalized spacial score (nSPS) is 11.2. The second-order valence-electron chi connectivity index (χ2n) is 4.72. The third-order valence-corrected chi connectivity index (χ3v) is 3.78. The molecule has 0 radical (unpaired) electrons. The van der Waals surface area contributed by atoms with Crippen molar-refractivity contribution in [3.63, 3.8) is 0 Å². The molecule has 0 N–H and O–H groups in total. The van der Waals surface area contributed by atoms with Gasteiger partial charge in [0.25, 0.3) is 0 Å². The van der Waals surface area contributed by atoms with E-state index in [1.807, 2.05) is 30.5 Å². The molecule has 0 aromatic heterocycles. The van der Waals surface area contributed by atoms with Crippen molar-refractivity contribution < 1.29 is 18.7 Å². The zero-order chi connectivity index (χ0) is 16.8. The average molecular weight is 330 g/mol. The average Bonchev–Trinajstić information content (AvgIpc) is 2.53. The first kappa shape index (κ1) is 17.0. The minimum Gasteiger partial charge on any atom is -0.390 e. The molecule has 0 fully saturated rings. The van der Waals surface area contributed by atoms with Crippen LogP contribution in [0.25, 0.3) is 11.6 Å². The largest absolute Gasteiger partial charge is 0.390 e. The maximum absolute atomic E-state index is 13.1. The van der Waals surface area contributed by atoms with Crippen molar-refractivity contribution in [2.24, 2.45) is 0 Å². The number of carbonyl (C=O) groups excluding carboxylic acids is 2. The van der Waals surface area contributed by atoms with Crippen molar-refractivity contribution in [3.8, 4) is 0 Å². The predicted molar refractivity (Wildman–Crippen MR) is 89.3 cm³/mol. The van der Waals surface area contributed by atoms with Crippen LogP contribution >= 0.6 is 11.8 Å². The molecule has 5 heteroatoms. The van der Waals surface area contributed by atoms with Crippen molar-refractivity contribution in [1.29, 1.82) is 0 Å². The fraction of sp³-hybridized carbons (Fsp3) is 0.111. The van der Waals surface area contributed by atoms with Crippen molar-refractivity contribution >= 4 is 35.3 Å². The van der Waals surface area contributed by atoms with Crippen molar-refractivity contribution in [3.05, 3.63) is 65.5 Å². The van der Waals surface area contributed by atoms with Gasteiger partial charge in [0.2, 0.25) is 0 Å². The maximum atomic E-state index is 13.1. The summed E-state index contributed by atoms with van der Waals surface area (Å²) >= 11 is 1.61. The van der Waals surface area contributed by atoms with E-state index >= 15 is 0 Å². The smallest absolute Gasteiger partial charge is 0.346 e. The van der Waals surface area contributed by atoms with E-state index in [0.717, 1.165) is 17.4 Å². The number of halogens is 1. The van der Waals surface area contributed by atoms with Crippen molar-refractivity contribution in [1.82, 2.24) is 0 Å². The zero-order valence-corrected chi connectivity index (χ0v) is 13.5. The Hall–Kier alpha value is -2.40. The highest BCUT2D eigenvalue weighted by atomic mass is 32.2. The number of benzene rings is 2. The van der Waals surface area contributed by atoms with Crippen LogP contribution in [0.1, 0.15) is 18.1 Å². The number of carbonyl (C=O) groups is 2. The van der Waals surface area contributed by atoms with Gasteiger partial charge in [-0.1, -0.05) is 24.3 Å². The molecule has 118 valence electrons. The predicted octanol–water partition coefficient (Wildman–Crippen LogP) is 4.18. The Morgan fingerprint density at radius 1 is 1.04 bits per heavy atom. The maximum Gasteiger partial charge on any atom is 0.346 e. The second kappa shape index (κ2) is 7.74. The molecule has 2 aromatic carbocycles. The number of hydrogen-bond acceptors (Lipinski definition) is 4. The summed E-state index contributed by atoms with van der Waals surface area (Å²) in [5, 5.41) is 0. The standard InChI is InChI=1S/C18H15FO3S/c1-12(20)22-18(21)17(14-5-7-15(19)8-6-14)11-13-3-9-16(23-2)10-4-13/h3-11H,1-2H3. The van der Waals surface area contributed by atoms with E-state index in [1.54, 1.807) is 17.8 Å². The third-order valence-electron chi connectivity index (χ3n) is 3.04. The molecular formula is C18H15FO3S. The number of rotatable bonds is 4. The SMILES string of the molecule is CSc1ccc(C=C(C(=O)OC(C)=O)c2ccc(F)cc2)cc1. The van der Waals surface area contributed by atoms with Crippen LogP contribution < -0.4 is 0 Å². The van der Waals surface area contributed by atoms with Gasteiger partial charge in [-0.05, 0) is 47.7 Å². The Bertz CT molecular complexity index is 734. The molecule has 0 spiro atoms. The zero-order valence-electron chi connectivity index (χ0n) is 12.7. The van der Waals surface area contributed by atoms with Gasteiger partial charge in [0.15, 0.2) is 0 Å². The summed E-state index contributed by atoms with van der Waals surface area (Å²) in [5.41, 5.74) is 1.45. The first-order valence-electron chi connectivity index (χ1n) is 6.84. The third kappa shape index (κ3) is 4.79. The van der Waals surface area contributed by atoms with Gasteiger partial charge in [0, 0.05) is 11.8 Å². The number of hydrogen-bond donors (Lipinski definition) is 0. The van der Waals surface area contributed by atoms with E-state index in [0.29, 0.717) is 5.56 Å². The van der Waals surface area contributed by atoms with E-state index in [2.05, 4.69) is 4.74 Å². The fourth-order valence-electron chi connectivity index (χ4n) is 1.94. The summed E-state index contributed by atoms with van der Waals surface area (Å²) in [6, 6.07) is 13.0. The van der Waals surface area contributed by atoms with Crippen LogP contribution in [0.2, 0.25) is 0 Å². The first-order chi connectivity index (χ1) is 11.0. The minimum atomic E-state index is -0.766. The highest BCUT2D eigenvalue weighted by Gasteiger charge is 2.16. The van der Waals surface area contributed by atoms with Gasteiger partial charge in [-0.15, -0.1) is 11.8 Å². The number of ether oxygens (including phenoxy) is 1. The molecule has 23 heavy (non-hydrogen) atoms. The van der Waals surface area contributed by atoms with Crippen LogP contribution in [0.4, 0.5) is 4.39 Å². The van der Waals surface area contributed by atoms with E-state index in [-0.39, 0.29) is 5.57 Å². The van der Waals surface area contributed by atoms with E-state index in [4.69, 9.17) is 0 Å². The molecule has 3 nitrogen and oxygen atoms in total. The van der Waals surface area contributed by atoms with Gasteiger partial charge in [-0.2, -0.15) is 0 Å². The Morgan fingerprint density at radius 3 is 2.17 bits per heavy atom. The highest BCUT2D eigenvalue weighted by Crippen LogP contribution is 2.22. The quantitative estimate of drug-likeness (QED) is 0.277. The van der Waals surface area contributed by atoms with Crippen molar-refractivity contribution in [2.75, 3.05) is 6.26 Å². The van der Waals surface area contributed by atoms with Gasteiger partial charge in [0.05, 0.1) is 5.57 Å². The molecule has 2 rings (SSSR count). The van der Waals surface area contributed by atoms with Crippen LogP contribution in [0, 0.1) is 5.82 Å². The van der Waals surface area contributed by atoms with Crippen LogP contribution in [-0.4, -0.2) is 18.2 Å². The number of thioether (sulfide) groups is 1. The van der Waals surface area contributed by atoms with E-state index in [1.165, 1.54) is 24.3 Å². The van der Waals surface area contributed by atoms with E-state index in [9.17, 15) is 14.0 Å². The Morgan fingerprint density at radius 2 is 1.65 bits per heavy atom. The Kier molecular flexibility index (Phi) is 5.71. The number of esters is 2. The molecule has 0 atom stereocenters. The van der Waals surface area contributed by atoms with Crippen LogP contribution in [0.3, 0.4) is 0 Å². The second-order valence-corrected chi connectivity index (χ2v) is 5.60. The highest BCUT2D eigenvalue weighted by molar-refractivity contribution is 7.98. The van der Waals surface area contributed by atoms with E-state index < -0.39 is 17.8 Å². The molecule has 0 heterocycles. The van der Waals surface area contributed by atoms with Gasteiger partial charge in [0.1, 0.15) is 5.82 Å². The molecular weight excluding hydrogens is 315 g/mol. The van der Waals surface area contributed by atoms with Gasteiger partial charge in [-0.25, -0.2) is 9.18 Å². The molecule has 0 aliphatic carbocycles. The molecule has 0 aliphatic heterocycles. The molecule has 0 bridgehead atoms. The van der Waals surface area contributed by atoms with Crippen LogP contribution in [0.5, 0.6) is 0 Å². The lowest BCUT2D eigenvalue weighted by atomic mass is 10.0. The summed E-state index contributed by atoms with van der Waals surface area (Å²) in [6.45, 7) is 1.16. The monoisotopic (exact) mass is 330 g/mol. The molecule has 0 unspecified atom stereocenters. The van der Waals surface area contributed by atoms with Crippen LogP contribution in [-0.2, 0) is 14.3 Å². The minimum absolute atomic E-state index is 0.192. The topological polar surface area (TPSA) is 43.4 Å². The summed E-state index contributed by atoms with van der Waals surface area (Å²) < 4.78 is 17.7. The lowest BCUT2D eigenvalue weighted by Crippen LogP contribution is -2.11. The van der Waals surface area contributed by atoms with Gasteiger partial charge >= 0.3 is 11.9 Å². The van der Waals surface area contributed by atoms with Crippen molar-refractivity contribution in [2.45, 2.75) is 11.8 Å². The molecule has 0 saturated carbocycles. The Labute approximate surface area is 138 Å². The molecule has 0 saturated heterocycles. The molecule has 0 amide bonds. The molecule has 2 aromatic rings. The summed E-state index contributed by atoms with van der Waals surface area (Å²) in [7, 11) is 0. The van der Waals surface area contributed by atoms with Gasteiger partial charge in [-0.3, -0.25) is 4.79 Å². The summed E-state index contributed by atoms with van der Waals surface area (Å²) in [6.07, 6.45) is 3.58. The lowest BCUT2D eigenvalue weighted by molar-refractivity contribution is -0.153. The lowest BCUT2D eigenvalue weighted by Gasteiger charge is -2.07. The fourth-order valence-corrected chi connectivity index (χ4v) is 2.35. The summed E-state index contributed by atoms with van der Waals surface area (Å²) in [4.78, 5) is 24.3.